The molecule has 2 aromatic carbocycles. The molecule has 0 spiro atoms. The molecule has 7 nitrogen and oxygen atoms in total. The number of methoxy groups -OCH3 is 1. The Balaban J connectivity index is 1.99. The number of halogens is 3. The van der Waals surface area contributed by atoms with Gasteiger partial charge in [0, 0.05) is 37.6 Å². The zero-order chi connectivity index (χ0) is 26.3. The van der Waals surface area contributed by atoms with Crippen LogP contribution in [0, 0.1) is 0 Å². The Morgan fingerprint density at radius 3 is 2.47 bits per heavy atom. The summed E-state index contributed by atoms with van der Waals surface area (Å²) >= 11 is 0. The van der Waals surface area contributed by atoms with Crippen molar-refractivity contribution in [3.05, 3.63) is 83.2 Å². The van der Waals surface area contributed by atoms with Crippen molar-refractivity contribution in [2.45, 2.75) is 32.6 Å². The number of pyridine rings is 1. The number of ether oxygens (including phenoxy) is 1. The van der Waals surface area contributed by atoms with Gasteiger partial charge in [-0.15, -0.1) is 0 Å². The Bertz CT molecular complexity index is 1220. The molecule has 1 heterocycles. The number of carbonyl (C=O) groups is 2. The summed E-state index contributed by atoms with van der Waals surface area (Å²) in [5.41, 5.74) is 1.48. The molecule has 3 aromatic rings. The minimum absolute atomic E-state index is 0.110. The maximum Gasteiger partial charge on any atom is 0.416 e. The number of amides is 2. The summed E-state index contributed by atoms with van der Waals surface area (Å²) in [5.74, 6) is -0.671. The maximum atomic E-state index is 13.6. The van der Waals surface area contributed by atoms with Gasteiger partial charge in [-0.1, -0.05) is 18.2 Å². The van der Waals surface area contributed by atoms with Crippen molar-refractivity contribution in [1.82, 2.24) is 15.2 Å². The van der Waals surface area contributed by atoms with E-state index in [1.54, 1.807) is 49.6 Å². The van der Waals surface area contributed by atoms with Crippen molar-refractivity contribution in [1.29, 1.82) is 0 Å². The minimum atomic E-state index is -4.58. The van der Waals surface area contributed by atoms with Gasteiger partial charge < -0.3 is 20.1 Å². The predicted octanol–water partition coefficient (Wildman–Crippen LogP) is 5.13. The third-order valence-corrected chi connectivity index (χ3v) is 5.54. The van der Waals surface area contributed by atoms with Gasteiger partial charge >= 0.3 is 18.2 Å². The zero-order valence-electron chi connectivity index (χ0n) is 19.8. The molecular formula is C26H26F3N3O4. The monoisotopic (exact) mass is 501 g/mol. The fraction of sp³-hybridized carbons (Fsp3) is 0.269. The van der Waals surface area contributed by atoms with E-state index in [0.717, 1.165) is 17.7 Å². The van der Waals surface area contributed by atoms with Crippen LogP contribution in [-0.2, 0) is 30.5 Å². The van der Waals surface area contributed by atoms with Gasteiger partial charge in [-0.3, -0.25) is 9.78 Å². The summed E-state index contributed by atoms with van der Waals surface area (Å²) in [7, 11) is 1.42. The second-order valence-corrected chi connectivity index (χ2v) is 8.01. The van der Waals surface area contributed by atoms with Crippen LogP contribution in [0.4, 0.5) is 18.0 Å². The lowest BCUT2D eigenvalue weighted by atomic mass is 9.94. The SMILES string of the molecule is CCN(Cc1cc(C(F)(F)F)ccc1-c1cc(CC(=O)O)ccc1OC)C(=O)NCc1cccnc1. The summed E-state index contributed by atoms with van der Waals surface area (Å²) in [6, 6.07) is 11.1. The number of benzene rings is 2. The van der Waals surface area contributed by atoms with E-state index in [0.29, 0.717) is 22.4 Å². The van der Waals surface area contributed by atoms with Crippen LogP contribution in [-0.4, -0.2) is 40.6 Å². The predicted molar refractivity (Wildman–Crippen MR) is 127 cm³/mol. The zero-order valence-corrected chi connectivity index (χ0v) is 19.8. The lowest BCUT2D eigenvalue weighted by Gasteiger charge is -2.24. The lowest BCUT2D eigenvalue weighted by Crippen LogP contribution is -2.39. The van der Waals surface area contributed by atoms with E-state index in [-0.39, 0.29) is 31.6 Å². The highest BCUT2D eigenvalue weighted by Gasteiger charge is 2.31. The molecule has 2 N–H and O–H groups in total. The number of aliphatic carboxylic acids is 1. The van der Waals surface area contributed by atoms with Gasteiger partial charge in [-0.05, 0) is 59.5 Å². The highest BCUT2D eigenvalue weighted by atomic mass is 19.4. The molecule has 0 aliphatic heterocycles. The molecule has 36 heavy (non-hydrogen) atoms. The Labute approximate surface area is 206 Å². The number of carboxylic acid groups (broad SMARTS) is 1. The van der Waals surface area contributed by atoms with Crippen LogP contribution in [0.5, 0.6) is 5.75 Å². The quantitative estimate of drug-likeness (QED) is 0.424. The molecule has 2 amide bonds. The van der Waals surface area contributed by atoms with Crippen LogP contribution in [0.15, 0.2) is 60.9 Å². The van der Waals surface area contributed by atoms with Gasteiger partial charge in [0.25, 0.3) is 0 Å². The first-order valence-corrected chi connectivity index (χ1v) is 11.1. The van der Waals surface area contributed by atoms with Crippen LogP contribution < -0.4 is 10.1 Å². The molecule has 0 unspecified atom stereocenters. The van der Waals surface area contributed by atoms with Crippen LogP contribution in [0.3, 0.4) is 0 Å². The highest BCUT2D eigenvalue weighted by molar-refractivity contribution is 5.78. The van der Waals surface area contributed by atoms with Gasteiger partial charge in [0.1, 0.15) is 5.75 Å². The van der Waals surface area contributed by atoms with Crippen molar-refractivity contribution in [3.63, 3.8) is 0 Å². The number of aromatic nitrogens is 1. The summed E-state index contributed by atoms with van der Waals surface area (Å²) < 4.78 is 46.1. The first-order valence-electron chi connectivity index (χ1n) is 11.1. The third kappa shape index (κ3) is 6.74. The average molecular weight is 502 g/mol. The second-order valence-electron chi connectivity index (χ2n) is 8.01. The maximum absolute atomic E-state index is 13.6. The number of urea groups is 1. The number of alkyl halides is 3. The van der Waals surface area contributed by atoms with Crippen molar-refractivity contribution in [2.24, 2.45) is 0 Å². The Morgan fingerprint density at radius 2 is 1.86 bits per heavy atom. The average Bonchev–Trinajstić information content (AvgIpc) is 2.85. The summed E-state index contributed by atoms with van der Waals surface area (Å²) in [4.78, 5) is 29.5. The van der Waals surface area contributed by atoms with Gasteiger partial charge in [0.05, 0.1) is 19.1 Å². The van der Waals surface area contributed by atoms with Crippen LogP contribution in [0.1, 0.15) is 29.2 Å². The van der Waals surface area contributed by atoms with E-state index >= 15 is 0 Å². The third-order valence-electron chi connectivity index (χ3n) is 5.54. The fourth-order valence-electron chi connectivity index (χ4n) is 3.74. The molecule has 190 valence electrons. The van der Waals surface area contributed by atoms with E-state index in [1.165, 1.54) is 18.1 Å². The number of hydrogen-bond donors (Lipinski definition) is 2. The molecule has 0 aliphatic carbocycles. The number of nitrogens with one attached hydrogen (secondary N) is 1. The summed E-state index contributed by atoms with van der Waals surface area (Å²) in [5, 5.41) is 11.9. The molecule has 0 saturated carbocycles. The standard InChI is InChI=1S/C26H26F3N3O4/c1-3-32(25(35)31-15-18-5-4-10-30-14-18)16-19-13-20(26(27,28)29)7-8-21(19)22-11-17(12-24(33)34)6-9-23(22)36-2/h4-11,13-14H,3,12,15-16H2,1-2H3,(H,31,35)(H,33,34). The van der Waals surface area contributed by atoms with Crippen LogP contribution in [0.25, 0.3) is 11.1 Å². The molecule has 0 saturated heterocycles. The number of hydrogen-bond acceptors (Lipinski definition) is 4. The molecular weight excluding hydrogens is 475 g/mol. The molecule has 0 radical (unpaired) electrons. The first-order chi connectivity index (χ1) is 17.1. The smallest absolute Gasteiger partial charge is 0.416 e. The van der Waals surface area contributed by atoms with Gasteiger partial charge in [0.2, 0.25) is 0 Å². The fourth-order valence-corrected chi connectivity index (χ4v) is 3.74. The molecule has 3 rings (SSSR count). The summed E-state index contributed by atoms with van der Waals surface area (Å²) in [6.45, 7) is 2.07. The van der Waals surface area contributed by atoms with E-state index < -0.39 is 23.7 Å². The second kappa shape index (κ2) is 11.6. The van der Waals surface area contributed by atoms with Gasteiger partial charge in [-0.25, -0.2) is 4.79 Å². The van der Waals surface area contributed by atoms with Crippen molar-refractivity contribution >= 4 is 12.0 Å². The van der Waals surface area contributed by atoms with Gasteiger partial charge in [-0.2, -0.15) is 13.2 Å². The minimum Gasteiger partial charge on any atom is -0.496 e. The Morgan fingerprint density at radius 1 is 1.08 bits per heavy atom. The Kier molecular flexibility index (Phi) is 8.52. The topological polar surface area (TPSA) is 91.8 Å². The normalized spacial score (nSPS) is 11.1. The molecule has 10 heteroatoms. The van der Waals surface area contributed by atoms with Crippen LogP contribution >= 0.6 is 0 Å². The van der Waals surface area contributed by atoms with E-state index in [1.807, 2.05) is 0 Å². The number of nitrogens with zero attached hydrogens (tertiary/aromatic N) is 2. The largest absolute Gasteiger partial charge is 0.496 e. The number of carbonyl (C=O) groups excluding carboxylic acids is 1. The van der Waals surface area contributed by atoms with E-state index in [2.05, 4.69) is 10.3 Å². The molecule has 0 aliphatic rings. The van der Waals surface area contributed by atoms with Crippen molar-refractivity contribution < 1.29 is 32.6 Å². The molecule has 1 aromatic heterocycles. The lowest BCUT2D eigenvalue weighted by molar-refractivity contribution is -0.138. The van der Waals surface area contributed by atoms with Crippen molar-refractivity contribution in [2.75, 3.05) is 13.7 Å². The number of carboxylic acids is 1. The van der Waals surface area contributed by atoms with Crippen molar-refractivity contribution in [3.8, 4) is 16.9 Å². The molecule has 0 atom stereocenters. The van der Waals surface area contributed by atoms with E-state index in [9.17, 15) is 22.8 Å². The molecule has 0 bridgehead atoms. The number of rotatable bonds is 9. The van der Waals surface area contributed by atoms with Crippen LogP contribution in [0.2, 0.25) is 0 Å². The highest BCUT2D eigenvalue weighted by Crippen LogP contribution is 2.38. The molecule has 0 fully saturated rings. The first kappa shape index (κ1) is 26.5. The van der Waals surface area contributed by atoms with E-state index in [4.69, 9.17) is 9.84 Å². The summed E-state index contributed by atoms with van der Waals surface area (Å²) in [6.07, 6.45) is -1.62. The van der Waals surface area contributed by atoms with Gasteiger partial charge in [0.15, 0.2) is 0 Å². The Hall–Kier alpha value is -4.08.